The number of hydrogen-bond acceptors (Lipinski definition) is 5. The molecule has 0 radical (unpaired) electrons. The van der Waals surface area contributed by atoms with Crippen LogP contribution in [0.5, 0.6) is 5.75 Å². The summed E-state index contributed by atoms with van der Waals surface area (Å²) in [6.45, 7) is 2.42. The van der Waals surface area contributed by atoms with E-state index in [0.717, 1.165) is 0 Å². The van der Waals surface area contributed by atoms with Crippen LogP contribution in [0.25, 0.3) is 0 Å². The maximum Gasteiger partial charge on any atom is 0.229 e. The van der Waals surface area contributed by atoms with Gasteiger partial charge in [-0.15, -0.1) is 0 Å². The van der Waals surface area contributed by atoms with Crippen molar-refractivity contribution in [1.82, 2.24) is 4.90 Å². The molecule has 1 fully saturated rings. The van der Waals surface area contributed by atoms with Crippen molar-refractivity contribution in [2.24, 2.45) is 5.10 Å². The number of nitrogens with one attached hydrogen (secondary N) is 1. The zero-order valence-electron chi connectivity index (χ0n) is 14.1. The van der Waals surface area contributed by atoms with Crippen LogP contribution in [0.2, 0.25) is 0 Å². The number of rotatable bonds is 5. The number of ketones is 1. The van der Waals surface area contributed by atoms with E-state index >= 15 is 0 Å². The summed E-state index contributed by atoms with van der Waals surface area (Å²) in [5.74, 6) is 0.921. The van der Waals surface area contributed by atoms with Crippen molar-refractivity contribution in [2.75, 3.05) is 38.8 Å². The van der Waals surface area contributed by atoms with Crippen LogP contribution in [0.4, 0.5) is 5.69 Å². The number of nitrogens with zero attached hydrogens (tertiary/aromatic N) is 2. The summed E-state index contributed by atoms with van der Waals surface area (Å²) in [4.78, 5) is 14.9. The highest BCUT2D eigenvalue weighted by Crippen LogP contribution is 2.23. The summed E-state index contributed by atoms with van der Waals surface area (Å²) in [6, 6.07) is 16.6. The van der Waals surface area contributed by atoms with Crippen LogP contribution >= 0.6 is 0 Å². The fourth-order valence-corrected chi connectivity index (χ4v) is 2.61. The molecule has 6 heteroatoms. The van der Waals surface area contributed by atoms with Crippen LogP contribution in [-0.4, -0.2) is 49.9 Å². The van der Waals surface area contributed by atoms with Gasteiger partial charge in [0.15, 0.2) is 5.84 Å². The quantitative estimate of drug-likeness (QED) is 0.393. The van der Waals surface area contributed by atoms with Gasteiger partial charge < -0.3 is 14.4 Å². The first-order chi connectivity index (χ1) is 12.3. The second kappa shape index (κ2) is 8.30. The number of methoxy groups -OCH3 is 1. The number of benzene rings is 2. The van der Waals surface area contributed by atoms with Crippen molar-refractivity contribution < 1.29 is 14.3 Å². The van der Waals surface area contributed by atoms with E-state index in [1.165, 1.54) is 0 Å². The number of para-hydroxylation sites is 2. The molecule has 0 aliphatic carbocycles. The number of morpholine rings is 1. The second-order valence-corrected chi connectivity index (χ2v) is 5.54. The highest BCUT2D eigenvalue weighted by Gasteiger charge is 2.23. The molecule has 0 atom stereocenters. The summed E-state index contributed by atoms with van der Waals surface area (Å²) in [5.41, 5.74) is 4.28. The van der Waals surface area contributed by atoms with Gasteiger partial charge in [-0.3, -0.25) is 10.2 Å². The molecule has 1 N–H and O–H groups in total. The Hall–Kier alpha value is -2.86. The van der Waals surface area contributed by atoms with Gasteiger partial charge in [0, 0.05) is 18.7 Å². The average molecular weight is 339 g/mol. The van der Waals surface area contributed by atoms with Crippen molar-refractivity contribution in [3.63, 3.8) is 0 Å². The summed E-state index contributed by atoms with van der Waals surface area (Å²) >= 11 is 0. The fraction of sp³-hybridized carbons (Fsp3) is 0.263. The lowest BCUT2D eigenvalue weighted by atomic mass is 10.1. The Bertz CT molecular complexity index is 741. The summed E-state index contributed by atoms with van der Waals surface area (Å²) in [5, 5.41) is 4.41. The molecule has 25 heavy (non-hydrogen) atoms. The van der Waals surface area contributed by atoms with Crippen LogP contribution in [0.15, 0.2) is 59.7 Å². The Morgan fingerprint density at radius 1 is 1.08 bits per heavy atom. The topological polar surface area (TPSA) is 63.2 Å². The van der Waals surface area contributed by atoms with Crippen LogP contribution in [-0.2, 0) is 4.74 Å². The van der Waals surface area contributed by atoms with Crippen LogP contribution < -0.4 is 10.2 Å². The van der Waals surface area contributed by atoms with Crippen molar-refractivity contribution in [3.05, 3.63) is 60.2 Å². The van der Waals surface area contributed by atoms with Crippen molar-refractivity contribution in [2.45, 2.75) is 0 Å². The molecular formula is C19H21N3O3. The van der Waals surface area contributed by atoms with Gasteiger partial charge in [0.2, 0.25) is 5.78 Å². The van der Waals surface area contributed by atoms with Gasteiger partial charge in [-0.2, -0.15) is 5.10 Å². The van der Waals surface area contributed by atoms with Gasteiger partial charge in [0.05, 0.1) is 26.0 Å². The molecule has 2 aromatic carbocycles. The first-order valence-corrected chi connectivity index (χ1v) is 8.19. The normalized spacial score (nSPS) is 14.9. The largest absolute Gasteiger partial charge is 0.495 e. The number of carbonyl (C=O) groups is 1. The number of Topliss-reactive ketones (excluding diaryl/α,β-unsaturated/α-hetero) is 1. The fourth-order valence-electron chi connectivity index (χ4n) is 2.61. The first-order valence-electron chi connectivity index (χ1n) is 8.19. The molecular weight excluding hydrogens is 318 g/mol. The lowest BCUT2D eigenvalue weighted by Crippen LogP contribution is -2.44. The number of ether oxygens (including phenoxy) is 2. The lowest BCUT2D eigenvalue weighted by Gasteiger charge is -2.29. The Morgan fingerprint density at radius 2 is 1.76 bits per heavy atom. The molecule has 1 aliphatic heterocycles. The van der Waals surface area contributed by atoms with Gasteiger partial charge in [-0.1, -0.05) is 42.5 Å². The van der Waals surface area contributed by atoms with E-state index in [1.807, 2.05) is 47.4 Å². The molecule has 0 unspecified atom stereocenters. The lowest BCUT2D eigenvalue weighted by molar-refractivity contribution is 0.0658. The Balaban J connectivity index is 1.89. The number of amidine groups is 1. The molecule has 0 amide bonds. The minimum absolute atomic E-state index is 0.120. The minimum Gasteiger partial charge on any atom is -0.495 e. The first kappa shape index (κ1) is 17.0. The summed E-state index contributed by atoms with van der Waals surface area (Å²) in [6.07, 6.45) is 0. The number of carbonyl (C=O) groups excluding carboxylic acids is 1. The Kier molecular flexibility index (Phi) is 5.64. The minimum atomic E-state index is -0.120. The van der Waals surface area contributed by atoms with Gasteiger partial charge >= 0.3 is 0 Å². The van der Waals surface area contributed by atoms with Crippen LogP contribution in [0.1, 0.15) is 10.4 Å². The molecule has 6 nitrogen and oxygen atoms in total. The Morgan fingerprint density at radius 3 is 2.48 bits per heavy atom. The molecule has 1 heterocycles. The molecule has 1 aliphatic rings. The second-order valence-electron chi connectivity index (χ2n) is 5.54. The van der Waals surface area contributed by atoms with Gasteiger partial charge in [0.25, 0.3) is 0 Å². The van der Waals surface area contributed by atoms with Crippen molar-refractivity contribution in [1.29, 1.82) is 0 Å². The predicted molar refractivity (Wildman–Crippen MR) is 97.2 cm³/mol. The molecule has 2 aromatic rings. The van der Waals surface area contributed by atoms with E-state index in [9.17, 15) is 4.79 Å². The van der Waals surface area contributed by atoms with Gasteiger partial charge in [0.1, 0.15) is 5.75 Å². The summed E-state index contributed by atoms with van der Waals surface area (Å²) < 4.78 is 10.7. The molecule has 3 rings (SSSR count). The molecule has 130 valence electrons. The van der Waals surface area contributed by atoms with Crippen molar-refractivity contribution >= 4 is 17.3 Å². The third-order valence-corrected chi connectivity index (χ3v) is 3.94. The van der Waals surface area contributed by atoms with E-state index in [1.54, 1.807) is 19.2 Å². The van der Waals surface area contributed by atoms with Crippen molar-refractivity contribution in [3.8, 4) is 5.75 Å². The maximum absolute atomic E-state index is 12.9. The average Bonchev–Trinajstić information content (AvgIpc) is 2.70. The van der Waals surface area contributed by atoms with E-state index in [4.69, 9.17) is 9.47 Å². The van der Waals surface area contributed by atoms with E-state index in [-0.39, 0.29) is 5.78 Å². The zero-order valence-corrected chi connectivity index (χ0v) is 14.1. The SMILES string of the molecule is COc1ccccc1NN=C(C(=O)c1ccccc1)N1CCOCC1. The molecule has 0 bridgehead atoms. The van der Waals surface area contributed by atoms with Crippen LogP contribution in [0, 0.1) is 0 Å². The molecule has 1 saturated heterocycles. The van der Waals surface area contributed by atoms with E-state index < -0.39 is 0 Å². The number of hydrogen-bond donors (Lipinski definition) is 1. The molecule has 0 spiro atoms. The maximum atomic E-state index is 12.9. The van der Waals surface area contributed by atoms with Gasteiger partial charge in [-0.25, -0.2) is 0 Å². The molecule has 0 aromatic heterocycles. The third-order valence-electron chi connectivity index (χ3n) is 3.94. The van der Waals surface area contributed by atoms with Gasteiger partial charge in [-0.05, 0) is 12.1 Å². The summed E-state index contributed by atoms with van der Waals surface area (Å²) in [7, 11) is 1.60. The van der Waals surface area contributed by atoms with E-state index in [2.05, 4.69) is 10.5 Å². The highest BCUT2D eigenvalue weighted by molar-refractivity contribution is 6.45. The zero-order chi connectivity index (χ0) is 17.5. The number of hydrazone groups is 1. The predicted octanol–water partition coefficient (Wildman–Crippen LogP) is 2.64. The molecule has 0 saturated carbocycles. The Labute approximate surface area is 147 Å². The standard InChI is InChI=1S/C19H21N3O3/c1-24-17-10-6-5-9-16(17)20-21-19(22-11-13-25-14-12-22)18(23)15-7-3-2-4-8-15/h2-10,20H,11-14H2,1H3. The van der Waals surface area contributed by atoms with E-state index in [0.29, 0.717) is 49.1 Å². The monoisotopic (exact) mass is 339 g/mol. The number of anilines is 1. The smallest absolute Gasteiger partial charge is 0.229 e. The third kappa shape index (κ3) is 4.16. The van der Waals surface area contributed by atoms with Crippen LogP contribution in [0.3, 0.4) is 0 Å². The highest BCUT2D eigenvalue weighted by atomic mass is 16.5.